The third-order valence-electron chi connectivity index (χ3n) is 1.37. The van der Waals surface area contributed by atoms with E-state index >= 15 is 0 Å². The van der Waals surface area contributed by atoms with Gasteiger partial charge in [-0.15, -0.1) is 6.58 Å². The van der Waals surface area contributed by atoms with Crippen LogP contribution in [0.5, 0.6) is 0 Å². The van der Waals surface area contributed by atoms with Gasteiger partial charge in [0.25, 0.3) is 0 Å². The summed E-state index contributed by atoms with van der Waals surface area (Å²) >= 11 is 5.66. The molecule has 0 saturated heterocycles. The molecule has 0 atom stereocenters. The standard InChI is InChI=1S/C8H7BClO/c1-6(9-11)7-2-4-8(10)5-3-7/h2-5,11H,1H2. The van der Waals surface area contributed by atoms with Crippen LogP contribution in [0.15, 0.2) is 30.8 Å². The molecule has 3 heteroatoms. The highest BCUT2D eigenvalue weighted by molar-refractivity contribution is 6.53. The third-order valence-corrected chi connectivity index (χ3v) is 1.62. The molecule has 1 radical (unpaired) electrons. The number of rotatable bonds is 2. The van der Waals surface area contributed by atoms with Crippen molar-refractivity contribution in [3.8, 4) is 0 Å². The summed E-state index contributed by atoms with van der Waals surface area (Å²) in [6, 6.07) is 7.12. The van der Waals surface area contributed by atoms with Crippen LogP contribution in [0.25, 0.3) is 5.47 Å². The van der Waals surface area contributed by atoms with Crippen LogP contribution in [0.3, 0.4) is 0 Å². The smallest absolute Gasteiger partial charge is 0.326 e. The number of hydrogen-bond acceptors (Lipinski definition) is 1. The average molecular weight is 165 g/mol. The van der Waals surface area contributed by atoms with E-state index in [0.29, 0.717) is 10.5 Å². The predicted octanol–water partition coefficient (Wildman–Crippen LogP) is 1.92. The Morgan fingerprint density at radius 3 is 2.36 bits per heavy atom. The van der Waals surface area contributed by atoms with Crippen molar-refractivity contribution in [1.82, 2.24) is 0 Å². The maximum atomic E-state index is 8.60. The van der Waals surface area contributed by atoms with Crippen molar-refractivity contribution in [2.75, 3.05) is 0 Å². The molecule has 1 rings (SSSR count). The Morgan fingerprint density at radius 2 is 1.91 bits per heavy atom. The molecule has 0 aliphatic rings. The van der Waals surface area contributed by atoms with Crippen molar-refractivity contribution in [1.29, 1.82) is 0 Å². The summed E-state index contributed by atoms with van der Waals surface area (Å²) in [7, 11) is 0.975. The van der Waals surface area contributed by atoms with Crippen molar-refractivity contribution in [3.05, 3.63) is 41.4 Å². The van der Waals surface area contributed by atoms with Gasteiger partial charge in [-0.2, -0.15) is 0 Å². The number of hydrogen-bond donors (Lipinski definition) is 1. The van der Waals surface area contributed by atoms with E-state index in [9.17, 15) is 0 Å². The van der Waals surface area contributed by atoms with Gasteiger partial charge >= 0.3 is 7.48 Å². The zero-order chi connectivity index (χ0) is 8.27. The first-order chi connectivity index (χ1) is 5.24. The fourth-order valence-corrected chi connectivity index (χ4v) is 0.864. The van der Waals surface area contributed by atoms with Gasteiger partial charge < -0.3 is 5.02 Å². The normalized spacial score (nSPS) is 9.27. The highest BCUT2D eigenvalue weighted by atomic mass is 35.5. The molecule has 0 bridgehead atoms. The molecule has 0 saturated carbocycles. The lowest BCUT2D eigenvalue weighted by molar-refractivity contribution is 0.616. The fourth-order valence-electron chi connectivity index (χ4n) is 0.739. The van der Waals surface area contributed by atoms with Gasteiger partial charge in [0.2, 0.25) is 0 Å². The van der Waals surface area contributed by atoms with Crippen LogP contribution in [0.4, 0.5) is 0 Å². The minimum Gasteiger partial charge on any atom is -0.450 e. The van der Waals surface area contributed by atoms with Crippen molar-refractivity contribution in [2.24, 2.45) is 0 Å². The second kappa shape index (κ2) is 3.60. The van der Waals surface area contributed by atoms with Crippen molar-refractivity contribution in [3.63, 3.8) is 0 Å². The summed E-state index contributed by atoms with van der Waals surface area (Å²) in [5.41, 5.74) is 1.46. The van der Waals surface area contributed by atoms with E-state index in [1.807, 2.05) is 0 Å². The third kappa shape index (κ3) is 2.10. The molecular formula is C8H7BClO. The Kier molecular flexibility index (Phi) is 2.74. The molecule has 0 aliphatic heterocycles. The molecule has 0 fully saturated rings. The zero-order valence-corrected chi connectivity index (χ0v) is 6.67. The fraction of sp³-hybridized carbons (Fsp3) is 0. The van der Waals surface area contributed by atoms with E-state index in [1.165, 1.54) is 0 Å². The molecule has 55 valence electrons. The molecule has 1 aromatic rings. The summed E-state index contributed by atoms with van der Waals surface area (Å²) in [6.45, 7) is 3.62. The Labute approximate surface area is 71.6 Å². The van der Waals surface area contributed by atoms with Gasteiger partial charge in [-0.3, -0.25) is 0 Å². The maximum Gasteiger partial charge on any atom is 0.326 e. The van der Waals surface area contributed by atoms with E-state index in [0.717, 1.165) is 13.0 Å². The van der Waals surface area contributed by atoms with Crippen LogP contribution in [-0.2, 0) is 0 Å². The van der Waals surface area contributed by atoms with Crippen LogP contribution < -0.4 is 0 Å². The van der Waals surface area contributed by atoms with E-state index < -0.39 is 0 Å². The molecule has 0 unspecified atom stereocenters. The highest BCUT2D eigenvalue weighted by Gasteiger charge is 1.97. The first-order valence-corrected chi connectivity index (χ1v) is 3.54. The lowest BCUT2D eigenvalue weighted by atomic mass is 9.84. The summed E-state index contributed by atoms with van der Waals surface area (Å²) < 4.78 is 0. The molecule has 1 aromatic carbocycles. The van der Waals surface area contributed by atoms with Gasteiger partial charge in [-0.05, 0) is 17.7 Å². The summed E-state index contributed by atoms with van der Waals surface area (Å²) in [6.07, 6.45) is 0. The maximum absolute atomic E-state index is 8.60. The van der Waals surface area contributed by atoms with E-state index in [2.05, 4.69) is 6.58 Å². The van der Waals surface area contributed by atoms with Crippen LogP contribution in [0.1, 0.15) is 5.56 Å². The average Bonchev–Trinajstić information content (AvgIpc) is 2.05. The monoisotopic (exact) mass is 165 g/mol. The minimum atomic E-state index is 0.585. The molecule has 0 aliphatic carbocycles. The Balaban J connectivity index is 2.90. The first-order valence-electron chi connectivity index (χ1n) is 3.16. The SMILES string of the molecule is C=C([B]O)c1ccc(Cl)cc1. The van der Waals surface area contributed by atoms with Gasteiger partial charge in [0.05, 0.1) is 0 Å². The highest BCUT2D eigenvalue weighted by Crippen LogP contribution is 2.14. The zero-order valence-electron chi connectivity index (χ0n) is 5.92. The van der Waals surface area contributed by atoms with Gasteiger partial charge in [-0.25, -0.2) is 0 Å². The first kappa shape index (κ1) is 8.37. The van der Waals surface area contributed by atoms with E-state index in [1.54, 1.807) is 24.3 Å². The second-order valence-corrected chi connectivity index (χ2v) is 2.60. The lowest BCUT2D eigenvalue weighted by Gasteiger charge is -1.99. The van der Waals surface area contributed by atoms with E-state index in [-0.39, 0.29) is 0 Å². The van der Waals surface area contributed by atoms with Gasteiger partial charge in [-0.1, -0.05) is 29.2 Å². The lowest BCUT2D eigenvalue weighted by Crippen LogP contribution is -1.91. The van der Waals surface area contributed by atoms with Crippen LogP contribution in [0.2, 0.25) is 5.02 Å². The molecule has 11 heavy (non-hydrogen) atoms. The molecule has 1 nitrogen and oxygen atoms in total. The molecule has 1 N–H and O–H groups in total. The molecule has 0 heterocycles. The van der Waals surface area contributed by atoms with Crippen molar-refractivity contribution < 1.29 is 5.02 Å². The summed E-state index contributed by atoms with van der Waals surface area (Å²) in [5, 5.41) is 9.28. The molecule has 0 spiro atoms. The quantitative estimate of drug-likeness (QED) is 0.664. The second-order valence-electron chi connectivity index (χ2n) is 2.16. The van der Waals surface area contributed by atoms with Gasteiger partial charge in [0.1, 0.15) is 0 Å². The molecular weight excluding hydrogens is 158 g/mol. The van der Waals surface area contributed by atoms with Gasteiger partial charge in [0.15, 0.2) is 0 Å². The Bertz CT molecular complexity index is 255. The number of benzene rings is 1. The Hall–Kier alpha value is -0.725. The van der Waals surface area contributed by atoms with Crippen LogP contribution >= 0.6 is 11.6 Å². The predicted molar refractivity (Wildman–Crippen MR) is 48.5 cm³/mol. The topological polar surface area (TPSA) is 20.2 Å². The van der Waals surface area contributed by atoms with Gasteiger partial charge in [0, 0.05) is 5.02 Å². The molecule has 0 aromatic heterocycles. The largest absolute Gasteiger partial charge is 0.450 e. The van der Waals surface area contributed by atoms with Crippen LogP contribution in [0, 0.1) is 0 Å². The minimum absolute atomic E-state index is 0.585. The summed E-state index contributed by atoms with van der Waals surface area (Å²) in [5.74, 6) is 0. The molecule has 0 amide bonds. The van der Waals surface area contributed by atoms with E-state index in [4.69, 9.17) is 16.6 Å². The van der Waals surface area contributed by atoms with Crippen molar-refractivity contribution >= 4 is 24.6 Å². The van der Waals surface area contributed by atoms with Crippen LogP contribution in [-0.4, -0.2) is 12.5 Å². The van der Waals surface area contributed by atoms with Crippen molar-refractivity contribution in [2.45, 2.75) is 0 Å². The summed E-state index contributed by atoms with van der Waals surface area (Å²) in [4.78, 5) is 0. The Morgan fingerprint density at radius 1 is 1.36 bits per heavy atom. The number of halogens is 1.